The number of anilines is 1. The molecule has 0 bridgehead atoms. The first kappa shape index (κ1) is 19.7. The van der Waals surface area contributed by atoms with Crippen molar-refractivity contribution in [2.45, 2.75) is 41.8 Å². The fourth-order valence-corrected chi connectivity index (χ4v) is 4.62. The van der Waals surface area contributed by atoms with Gasteiger partial charge in [0.2, 0.25) is 9.84 Å². The van der Waals surface area contributed by atoms with E-state index in [9.17, 15) is 23.7 Å². The van der Waals surface area contributed by atoms with Crippen molar-refractivity contribution in [3.05, 3.63) is 42.5 Å². The lowest BCUT2D eigenvalue weighted by atomic mass is 10.1. The van der Waals surface area contributed by atoms with E-state index in [0.717, 1.165) is 5.56 Å². The minimum Gasteiger partial charge on any atom is -0.387 e. The molecule has 2 aromatic heterocycles. The standard InChI is InChI=1S/C17H19N5O6S/c1-8-2-4-9(5-3-8)29(26,27)17(25)13-11(23)12(24)16(28-13)22-7-21-10-14(18)19-6-20-15(10)22/h2-7,11-13,16-17,23-25H,1H3,(H2,18,19,20)/t11-,12+,13+,16-,17-/m1/s1. The summed E-state index contributed by atoms with van der Waals surface area (Å²) in [5.41, 5.74) is 4.97. The van der Waals surface area contributed by atoms with E-state index in [1.165, 1.54) is 29.4 Å². The summed E-state index contributed by atoms with van der Waals surface area (Å²) in [7, 11) is -4.25. The minimum atomic E-state index is -4.25. The van der Waals surface area contributed by atoms with Crippen LogP contribution < -0.4 is 5.73 Å². The maximum absolute atomic E-state index is 12.8. The van der Waals surface area contributed by atoms with E-state index in [1.807, 2.05) is 0 Å². The van der Waals surface area contributed by atoms with Gasteiger partial charge in [0.15, 0.2) is 23.1 Å². The molecule has 0 radical (unpaired) electrons. The van der Waals surface area contributed by atoms with E-state index in [2.05, 4.69) is 15.0 Å². The number of aryl methyl sites for hydroxylation is 1. The van der Waals surface area contributed by atoms with E-state index in [4.69, 9.17) is 10.5 Å². The Morgan fingerprint density at radius 3 is 2.52 bits per heavy atom. The van der Waals surface area contributed by atoms with E-state index in [-0.39, 0.29) is 21.9 Å². The van der Waals surface area contributed by atoms with Crippen molar-refractivity contribution in [3.63, 3.8) is 0 Å². The van der Waals surface area contributed by atoms with Gasteiger partial charge in [-0.3, -0.25) is 4.57 Å². The minimum absolute atomic E-state index is 0.111. The molecule has 1 aliphatic heterocycles. The quantitative estimate of drug-likeness (QED) is 0.414. The van der Waals surface area contributed by atoms with Gasteiger partial charge in [-0.2, -0.15) is 0 Å². The zero-order valence-corrected chi connectivity index (χ0v) is 16.0. The van der Waals surface area contributed by atoms with Crippen LogP contribution in [0.3, 0.4) is 0 Å². The number of nitrogens with zero attached hydrogens (tertiary/aromatic N) is 4. The summed E-state index contributed by atoms with van der Waals surface area (Å²) < 4.78 is 32.4. The maximum atomic E-state index is 12.8. The number of hydrogen-bond acceptors (Lipinski definition) is 10. The molecule has 4 rings (SSSR count). The third-order valence-electron chi connectivity index (χ3n) is 4.88. The summed E-state index contributed by atoms with van der Waals surface area (Å²) in [5.74, 6) is 0.111. The molecular formula is C17H19N5O6S. The van der Waals surface area contributed by atoms with Crippen molar-refractivity contribution in [2.75, 3.05) is 5.73 Å². The van der Waals surface area contributed by atoms with Crippen molar-refractivity contribution in [2.24, 2.45) is 0 Å². The number of fused-ring (bicyclic) bond motifs is 1. The molecule has 0 aliphatic carbocycles. The van der Waals surface area contributed by atoms with Gasteiger partial charge in [0.25, 0.3) is 0 Å². The molecule has 1 aromatic carbocycles. The Balaban J connectivity index is 1.66. The van der Waals surface area contributed by atoms with Crippen LogP contribution >= 0.6 is 0 Å². The van der Waals surface area contributed by atoms with Crippen LogP contribution in [0.25, 0.3) is 11.2 Å². The molecule has 3 aromatic rings. The Kier molecular flexibility index (Phi) is 4.75. The molecule has 0 amide bonds. The van der Waals surface area contributed by atoms with Gasteiger partial charge >= 0.3 is 0 Å². The average Bonchev–Trinajstić information content (AvgIpc) is 3.24. The van der Waals surface area contributed by atoms with Gasteiger partial charge in [-0.05, 0) is 19.1 Å². The van der Waals surface area contributed by atoms with Gasteiger partial charge in [-0.25, -0.2) is 23.4 Å². The molecule has 1 saturated heterocycles. The summed E-state index contributed by atoms with van der Waals surface area (Å²) in [6.45, 7) is 1.80. The largest absolute Gasteiger partial charge is 0.387 e. The Labute approximate surface area is 165 Å². The number of benzene rings is 1. The number of nitrogen functional groups attached to an aromatic ring is 1. The molecule has 5 N–H and O–H groups in total. The molecule has 3 heterocycles. The predicted molar refractivity (Wildman–Crippen MR) is 100 cm³/mol. The number of rotatable bonds is 4. The molecule has 1 fully saturated rings. The number of nitrogens with two attached hydrogens (primary N) is 1. The Bertz CT molecular complexity index is 1150. The number of imidazole rings is 1. The van der Waals surface area contributed by atoms with Crippen LogP contribution in [0.15, 0.2) is 41.8 Å². The molecule has 29 heavy (non-hydrogen) atoms. The smallest absolute Gasteiger partial charge is 0.207 e. The molecule has 12 heteroatoms. The Morgan fingerprint density at radius 1 is 1.14 bits per heavy atom. The second-order valence-electron chi connectivity index (χ2n) is 6.80. The molecule has 0 spiro atoms. The Morgan fingerprint density at radius 2 is 1.83 bits per heavy atom. The molecule has 5 atom stereocenters. The third-order valence-corrected chi connectivity index (χ3v) is 6.72. The number of sulfone groups is 1. The summed E-state index contributed by atoms with van der Waals surface area (Å²) >= 11 is 0. The lowest BCUT2D eigenvalue weighted by Crippen LogP contribution is -2.42. The molecule has 0 saturated carbocycles. The maximum Gasteiger partial charge on any atom is 0.207 e. The lowest BCUT2D eigenvalue weighted by molar-refractivity contribution is -0.0615. The van der Waals surface area contributed by atoms with Crippen molar-refractivity contribution < 1.29 is 28.5 Å². The number of aliphatic hydroxyl groups excluding tert-OH is 3. The summed E-state index contributed by atoms with van der Waals surface area (Å²) in [6, 6.07) is 5.88. The van der Waals surface area contributed by atoms with Gasteiger partial charge in [-0.1, -0.05) is 17.7 Å². The van der Waals surface area contributed by atoms with Crippen molar-refractivity contribution >= 4 is 26.8 Å². The van der Waals surface area contributed by atoms with Crippen LogP contribution in [0, 0.1) is 6.92 Å². The van der Waals surface area contributed by atoms with Gasteiger partial charge < -0.3 is 25.8 Å². The van der Waals surface area contributed by atoms with Gasteiger partial charge in [0.05, 0.1) is 11.2 Å². The Hall–Kier alpha value is -2.64. The number of ether oxygens (including phenoxy) is 1. The zero-order valence-electron chi connectivity index (χ0n) is 15.2. The summed E-state index contributed by atoms with van der Waals surface area (Å²) in [5, 5.41) is 31.3. The van der Waals surface area contributed by atoms with E-state index >= 15 is 0 Å². The van der Waals surface area contributed by atoms with E-state index < -0.39 is 39.8 Å². The first-order chi connectivity index (χ1) is 13.7. The van der Waals surface area contributed by atoms with Gasteiger partial charge in [-0.15, -0.1) is 0 Å². The molecule has 154 valence electrons. The van der Waals surface area contributed by atoms with Crippen molar-refractivity contribution in [1.82, 2.24) is 19.5 Å². The van der Waals surface area contributed by atoms with Crippen molar-refractivity contribution in [3.8, 4) is 0 Å². The van der Waals surface area contributed by atoms with E-state index in [0.29, 0.717) is 0 Å². The monoisotopic (exact) mass is 421 g/mol. The van der Waals surface area contributed by atoms with Crippen LogP contribution in [0.5, 0.6) is 0 Å². The molecule has 1 aliphatic rings. The highest BCUT2D eigenvalue weighted by atomic mass is 32.2. The molecule has 0 unspecified atom stereocenters. The van der Waals surface area contributed by atoms with Crippen LogP contribution in [-0.4, -0.2) is 67.0 Å². The highest BCUT2D eigenvalue weighted by Crippen LogP contribution is 2.35. The topological polar surface area (TPSA) is 174 Å². The normalized spacial score (nSPS) is 26.1. The lowest BCUT2D eigenvalue weighted by Gasteiger charge is -2.21. The van der Waals surface area contributed by atoms with Crippen LogP contribution in [0.2, 0.25) is 0 Å². The number of hydrogen-bond donors (Lipinski definition) is 4. The summed E-state index contributed by atoms with van der Waals surface area (Å²) in [4.78, 5) is 11.8. The van der Waals surface area contributed by atoms with Crippen LogP contribution in [0.1, 0.15) is 11.8 Å². The van der Waals surface area contributed by atoms with Gasteiger partial charge in [0, 0.05) is 0 Å². The highest BCUT2D eigenvalue weighted by Gasteiger charge is 2.51. The zero-order chi connectivity index (χ0) is 20.9. The second kappa shape index (κ2) is 7.00. The van der Waals surface area contributed by atoms with Gasteiger partial charge in [0.1, 0.15) is 30.2 Å². The first-order valence-electron chi connectivity index (χ1n) is 8.65. The number of aromatic nitrogens is 4. The molecule has 11 nitrogen and oxygen atoms in total. The first-order valence-corrected chi connectivity index (χ1v) is 10.2. The highest BCUT2D eigenvalue weighted by molar-refractivity contribution is 7.92. The van der Waals surface area contributed by atoms with Crippen molar-refractivity contribution in [1.29, 1.82) is 0 Å². The van der Waals surface area contributed by atoms with Crippen LogP contribution in [-0.2, 0) is 14.6 Å². The number of aliphatic hydroxyl groups is 3. The fraction of sp³-hybridized carbons (Fsp3) is 0.353. The SMILES string of the molecule is Cc1ccc(S(=O)(=O)[C@@H](O)[C@H]2O[C@@H](n3cnc4c(N)ncnc43)[C@@H](O)[C@H]2O)cc1. The van der Waals surface area contributed by atoms with E-state index in [1.54, 1.807) is 19.1 Å². The third kappa shape index (κ3) is 3.14. The summed E-state index contributed by atoms with van der Waals surface area (Å²) in [6.07, 6.45) is -3.58. The van der Waals surface area contributed by atoms with Crippen LogP contribution in [0.4, 0.5) is 5.82 Å². The average molecular weight is 421 g/mol. The second-order valence-corrected chi connectivity index (χ2v) is 8.85. The molecular weight excluding hydrogens is 402 g/mol. The fourth-order valence-electron chi connectivity index (χ4n) is 3.25. The predicted octanol–water partition coefficient (Wildman–Crippen LogP) is -0.872.